The molecule has 0 heterocycles. The first-order valence-corrected chi connectivity index (χ1v) is 4.34. The number of hydrogen-bond donors (Lipinski definition) is 1. The maximum Gasteiger partial charge on any atom is 0.307 e. The molecular weight excluding hydrogens is 202 g/mol. The number of aliphatic carboxylic acids is 1. The summed E-state index contributed by atoms with van der Waals surface area (Å²) in [6, 6.07) is 5.13. The van der Waals surface area contributed by atoms with Gasteiger partial charge < -0.3 is 5.11 Å². The van der Waals surface area contributed by atoms with Crippen molar-refractivity contribution in [2.24, 2.45) is 0 Å². The highest BCUT2D eigenvalue weighted by Crippen LogP contribution is 2.22. The van der Waals surface area contributed by atoms with Crippen LogP contribution in [-0.2, 0) is 11.2 Å². The van der Waals surface area contributed by atoms with Gasteiger partial charge >= 0.3 is 5.97 Å². The first kappa shape index (κ1) is 10.6. The summed E-state index contributed by atoms with van der Waals surface area (Å²) in [5.41, 5.74) is 1.62. The predicted octanol–water partition coefficient (Wildman–Crippen LogP) is 2.15. The molecule has 0 radical (unpaired) electrons. The van der Waals surface area contributed by atoms with Crippen LogP contribution in [0.5, 0.6) is 0 Å². The van der Waals surface area contributed by atoms with Crippen LogP contribution in [0.3, 0.4) is 0 Å². The van der Waals surface area contributed by atoms with Crippen LogP contribution in [0.15, 0.2) is 12.1 Å². The number of benzene rings is 1. The fraction of sp³-hybridized carbons (Fsp3) is 0.200. The molecule has 3 nitrogen and oxygen atoms in total. The van der Waals surface area contributed by atoms with Crippen molar-refractivity contribution < 1.29 is 9.90 Å². The number of nitriles is 1. The first-order chi connectivity index (χ1) is 6.56. The van der Waals surface area contributed by atoms with Gasteiger partial charge in [0.25, 0.3) is 0 Å². The van der Waals surface area contributed by atoms with E-state index in [1.54, 1.807) is 19.1 Å². The van der Waals surface area contributed by atoms with Crippen LogP contribution >= 0.6 is 11.6 Å². The third kappa shape index (κ3) is 2.04. The highest BCUT2D eigenvalue weighted by atomic mass is 35.5. The summed E-state index contributed by atoms with van der Waals surface area (Å²) in [5.74, 6) is -0.917. The molecule has 0 spiro atoms. The molecule has 1 aromatic rings. The molecule has 0 aliphatic carbocycles. The third-order valence-electron chi connectivity index (χ3n) is 1.98. The molecular formula is C10H8ClNO2. The first-order valence-electron chi connectivity index (χ1n) is 3.96. The minimum atomic E-state index is -0.917. The Kier molecular flexibility index (Phi) is 3.10. The molecule has 1 N–H and O–H groups in total. The van der Waals surface area contributed by atoms with Crippen molar-refractivity contribution in [3.8, 4) is 6.07 Å². The zero-order valence-corrected chi connectivity index (χ0v) is 8.30. The minimum absolute atomic E-state index is 0.0856. The van der Waals surface area contributed by atoms with Crippen LogP contribution in [0.1, 0.15) is 16.7 Å². The molecule has 0 aromatic heterocycles. The Labute approximate surface area is 86.5 Å². The zero-order chi connectivity index (χ0) is 10.7. The molecule has 14 heavy (non-hydrogen) atoms. The van der Waals surface area contributed by atoms with Crippen molar-refractivity contribution in [2.45, 2.75) is 13.3 Å². The molecule has 0 saturated carbocycles. The van der Waals surface area contributed by atoms with Crippen molar-refractivity contribution in [2.75, 3.05) is 0 Å². The van der Waals surface area contributed by atoms with Crippen molar-refractivity contribution in [1.29, 1.82) is 5.26 Å². The van der Waals surface area contributed by atoms with Gasteiger partial charge in [0.1, 0.15) is 6.07 Å². The van der Waals surface area contributed by atoms with E-state index in [0.717, 1.165) is 0 Å². The topological polar surface area (TPSA) is 61.1 Å². The molecule has 1 aromatic carbocycles. The number of carbonyl (C=O) groups is 1. The Morgan fingerprint density at radius 2 is 2.29 bits per heavy atom. The molecule has 0 bridgehead atoms. The Hall–Kier alpha value is -1.53. The number of rotatable bonds is 2. The number of carboxylic acid groups (broad SMARTS) is 1. The summed E-state index contributed by atoms with van der Waals surface area (Å²) in [6.07, 6.45) is -0.0856. The van der Waals surface area contributed by atoms with Gasteiger partial charge in [0.05, 0.1) is 17.0 Å². The molecule has 0 fully saturated rings. The summed E-state index contributed by atoms with van der Waals surface area (Å²) >= 11 is 5.77. The van der Waals surface area contributed by atoms with E-state index in [0.29, 0.717) is 21.7 Å². The summed E-state index contributed by atoms with van der Waals surface area (Å²) in [4.78, 5) is 10.5. The van der Waals surface area contributed by atoms with Crippen LogP contribution in [0.4, 0.5) is 0 Å². The zero-order valence-electron chi connectivity index (χ0n) is 7.54. The number of halogens is 1. The average Bonchev–Trinajstić information content (AvgIpc) is 2.10. The van der Waals surface area contributed by atoms with Gasteiger partial charge in [-0.05, 0) is 24.1 Å². The lowest BCUT2D eigenvalue weighted by atomic mass is 10.0. The second-order valence-electron chi connectivity index (χ2n) is 2.89. The van der Waals surface area contributed by atoms with E-state index >= 15 is 0 Å². The van der Waals surface area contributed by atoms with Crippen molar-refractivity contribution >= 4 is 17.6 Å². The Bertz CT molecular complexity index is 421. The monoisotopic (exact) mass is 209 g/mol. The van der Waals surface area contributed by atoms with Crippen molar-refractivity contribution in [3.05, 3.63) is 33.8 Å². The summed E-state index contributed by atoms with van der Waals surface area (Å²) in [6.45, 7) is 1.70. The van der Waals surface area contributed by atoms with Gasteiger partial charge in [0, 0.05) is 0 Å². The van der Waals surface area contributed by atoms with E-state index in [1.807, 2.05) is 6.07 Å². The maximum atomic E-state index is 10.5. The standard InChI is InChI=1S/C10H8ClNO2/c1-6-7(4-10(13)14)2-3-9(11)8(6)5-12/h2-3H,4H2,1H3,(H,13,14). The van der Waals surface area contributed by atoms with Gasteiger partial charge in [-0.1, -0.05) is 17.7 Å². The Morgan fingerprint density at radius 3 is 2.79 bits per heavy atom. The molecule has 0 amide bonds. The Morgan fingerprint density at radius 1 is 1.64 bits per heavy atom. The molecule has 1 rings (SSSR count). The molecule has 4 heteroatoms. The van der Waals surface area contributed by atoms with Crippen LogP contribution in [0.2, 0.25) is 5.02 Å². The van der Waals surface area contributed by atoms with Gasteiger partial charge in [-0.2, -0.15) is 5.26 Å². The average molecular weight is 210 g/mol. The molecule has 0 atom stereocenters. The molecule has 0 aliphatic heterocycles. The predicted molar refractivity (Wildman–Crippen MR) is 52.2 cm³/mol. The third-order valence-corrected chi connectivity index (χ3v) is 2.29. The van der Waals surface area contributed by atoms with Crippen molar-refractivity contribution in [3.63, 3.8) is 0 Å². The summed E-state index contributed by atoms with van der Waals surface area (Å²) in [5, 5.41) is 17.7. The second-order valence-corrected chi connectivity index (χ2v) is 3.30. The summed E-state index contributed by atoms with van der Waals surface area (Å²) < 4.78 is 0. The highest BCUT2D eigenvalue weighted by molar-refractivity contribution is 6.31. The van der Waals surface area contributed by atoms with Crippen molar-refractivity contribution in [1.82, 2.24) is 0 Å². The fourth-order valence-corrected chi connectivity index (χ4v) is 1.46. The summed E-state index contributed by atoms with van der Waals surface area (Å²) in [7, 11) is 0. The fourth-order valence-electron chi connectivity index (χ4n) is 1.21. The maximum absolute atomic E-state index is 10.5. The van der Waals surface area contributed by atoms with Crippen LogP contribution in [0, 0.1) is 18.3 Å². The highest BCUT2D eigenvalue weighted by Gasteiger charge is 2.10. The lowest BCUT2D eigenvalue weighted by Crippen LogP contribution is -2.03. The van der Waals surface area contributed by atoms with Gasteiger partial charge in [0.2, 0.25) is 0 Å². The van der Waals surface area contributed by atoms with Gasteiger partial charge in [0.15, 0.2) is 0 Å². The SMILES string of the molecule is Cc1c(CC(=O)O)ccc(Cl)c1C#N. The largest absolute Gasteiger partial charge is 0.481 e. The minimum Gasteiger partial charge on any atom is -0.481 e. The number of hydrogen-bond acceptors (Lipinski definition) is 2. The molecule has 72 valence electrons. The number of carboxylic acids is 1. The molecule has 0 saturated heterocycles. The van der Waals surface area contributed by atoms with E-state index in [-0.39, 0.29) is 6.42 Å². The molecule has 0 unspecified atom stereocenters. The van der Waals surface area contributed by atoms with Crippen LogP contribution in [-0.4, -0.2) is 11.1 Å². The Balaban J connectivity index is 3.23. The van der Waals surface area contributed by atoms with E-state index in [9.17, 15) is 4.79 Å². The lowest BCUT2D eigenvalue weighted by molar-refractivity contribution is -0.136. The van der Waals surface area contributed by atoms with Crippen LogP contribution in [0.25, 0.3) is 0 Å². The second kappa shape index (κ2) is 4.12. The van der Waals surface area contributed by atoms with Gasteiger partial charge in [-0.25, -0.2) is 0 Å². The van der Waals surface area contributed by atoms with E-state index in [2.05, 4.69) is 0 Å². The van der Waals surface area contributed by atoms with E-state index in [4.69, 9.17) is 22.0 Å². The van der Waals surface area contributed by atoms with Crippen LogP contribution < -0.4 is 0 Å². The van der Waals surface area contributed by atoms with Gasteiger partial charge in [-0.15, -0.1) is 0 Å². The normalized spacial score (nSPS) is 9.50. The molecule has 0 aliphatic rings. The quantitative estimate of drug-likeness (QED) is 0.812. The number of nitrogens with zero attached hydrogens (tertiary/aromatic N) is 1. The van der Waals surface area contributed by atoms with Gasteiger partial charge in [-0.3, -0.25) is 4.79 Å². The lowest BCUT2D eigenvalue weighted by Gasteiger charge is -2.05. The smallest absolute Gasteiger partial charge is 0.307 e. The van der Waals surface area contributed by atoms with E-state index < -0.39 is 5.97 Å². The van der Waals surface area contributed by atoms with E-state index in [1.165, 1.54) is 0 Å².